The fourth-order valence-corrected chi connectivity index (χ4v) is 5.12. The van der Waals surface area contributed by atoms with Gasteiger partial charge in [-0.2, -0.15) is 4.37 Å². The average Bonchev–Trinajstić information content (AvgIpc) is 3.17. The molecule has 0 bridgehead atoms. The van der Waals surface area contributed by atoms with Gasteiger partial charge in [-0.05, 0) is 23.0 Å². The van der Waals surface area contributed by atoms with Gasteiger partial charge in [0.1, 0.15) is 10.5 Å². The van der Waals surface area contributed by atoms with Gasteiger partial charge in [-0.1, -0.05) is 17.7 Å². The lowest BCUT2D eigenvalue weighted by Crippen LogP contribution is -2.30. The Bertz CT molecular complexity index is 754. The standard InChI is InChI=1S/C13H12ClF2N3S3/c14-9-8(4-7(17)12(15)16)21-11-10(9)19-22-13(11)18-5-6-2-1-3-20-6/h1-3,7,12,18H,4-5,17H2/t7-/m1/s1. The molecule has 0 spiro atoms. The summed E-state index contributed by atoms with van der Waals surface area (Å²) in [4.78, 5) is 1.88. The van der Waals surface area contributed by atoms with Gasteiger partial charge in [0.15, 0.2) is 0 Å². The molecule has 0 saturated carbocycles. The van der Waals surface area contributed by atoms with Crippen LogP contribution in [-0.2, 0) is 13.0 Å². The topological polar surface area (TPSA) is 50.9 Å². The summed E-state index contributed by atoms with van der Waals surface area (Å²) in [6.45, 7) is 0.705. The van der Waals surface area contributed by atoms with E-state index in [1.54, 1.807) is 11.3 Å². The van der Waals surface area contributed by atoms with Gasteiger partial charge in [0.25, 0.3) is 6.43 Å². The van der Waals surface area contributed by atoms with Crippen LogP contribution in [0.5, 0.6) is 0 Å². The molecule has 3 aromatic rings. The number of hydrogen-bond acceptors (Lipinski definition) is 6. The first-order chi connectivity index (χ1) is 10.6. The van der Waals surface area contributed by atoms with Gasteiger partial charge < -0.3 is 11.1 Å². The van der Waals surface area contributed by atoms with Crippen LogP contribution < -0.4 is 11.1 Å². The summed E-state index contributed by atoms with van der Waals surface area (Å²) in [5.41, 5.74) is 6.10. The molecular weight excluding hydrogens is 368 g/mol. The third kappa shape index (κ3) is 3.26. The largest absolute Gasteiger partial charge is 0.370 e. The molecule has 0 aliphatic carbocycles. The second kappa shape index (κ2) is 6.76. The van der Waals surface area contributed by atoms with E-state index in [-0.39, 0.29) is 6.42 Å². The van der Waals surface area contributed by atoms with Crippen LogP contribution in [0.1, 0.15) is 9.75 Å². The van der Waals surface area contributed by atoms with Crippen LogP contribution in [-0.4, -0.2) is 16.8 Å². The average molecular weight is 380 g/mol. The quantitative estimate of drug-likeness (QED) is 0.645. The van der Waals surface area contributed by atoms with Gasteiger partial charge in [0, 0.05) is 16.2 Å². The molecular formula is C13H12ClF2N3S3. The number of aromatic nitrogens is 1. The van der Waals surface area contributed by atoms with Crippen molar-refractivity contribution in [3.8, 4) is 0 Å². The van der Waals surface area contributed by atoms with E-state index < -0.39 is 12.5 Å². The summed E-state index contributed by atoms with van der Waals surface area (Å²) in [7, 11) is 0. The van der Waals surface area contributed by atoms with Crippen molar-refractivity contribution < 1.29 is 8.78 Å². The van der Waals surface area contributed by atoms with E-state index in [9.17, 15) is 8.78 Å². The highest BCUT2D eigenvalue weighted by atomic mass is 35.5. The van der Waals surface area contributed by atoms with Crippen LogP contribution in [0, 0.1) is 0 Å². The van der Waals surface area contributed by atoms with E-state index in [2.05, 4.69) is 9.69 Å². The second-order valence-electron chi connectivity index (χ2n) is 4.66. The van der Waals surface area contributed by atoms with Gasteiger partial charge in [-0.25, -0.2) is 8.78 Å². The maximum atomic E-state index is 12.6. The molecule has 22 heavy (non-hydrogen) atoms. The number of rotatable bonds is 6. The highest BCUT2D eigenvalue weighted by Crippen LogP contribution is 2.42. The van der Waals surface area contributed by atoms with Crippen LogP contribution in [0.25, 0.3) is 10.2 Å². The maximum absolute atomic E-state index is 12.6. The number of nitrogens with two attached hydrogens (primary N) is 1. The van der Waals surface area contributed by atoms with Crippen molar-refractivity contribution >= 4 is 61.0 Å². The van der Waals surface area contributed by atoms with Gasteiger partial charge in [-0.3, -0.25) is 0 Å². The monoisotopic (exact) mass is 379 g/mol. The van der Waals surface area contributed by atoms with Crippen LogP contribution in [0.2, 0.25) is 5.02 Å². The minimum absolute atomic E-state index is 0.0621. The summed E-state index contributed by atoms with van der Waals surface area (Å²) in [6.07, 6.45) is -2.49. The molecule has 3 rings (SSSR count). The number of thiophene rings is 2. The highest BCUT2D eigenvalue weighted by molar-refractivity contribution is 7.25. The SMILES string of the molecule is N[C@H](Cc1sc2c(NCc3cccs3)snc2c1Cl)C(F)F. The van der Waals surface area contributed by atoms with Gasteiger partial charge >= 0.3 is 0 Å². The Hall–Kier alpha value is -0.800. The molecule has 118 valence electrons. The number of fused-ring (bicyclic) bond motifs is 1. The van der Waals surface area contributed by atoms with Crippen molar-refractivity contribution in [2.24, 2.45) is 5.73 Å². The summed E-state index contributed by atoms with van der Waals surface area (Å²) in [6, 6.07) is 2.84. The minimum Gasteiger partial charge on any atom is -0.370 e. The Balaban J connectivity index is 1.81. The van der Waals surface area contributed by atoms with Gasteiger partial charge in [-0.15, -0.1) is 22.7 Å². The molecule has 0 aromatic carbocycles. The zero-order chi connectivity index (χ0) is 15.7. The molecule has 0 fully saturated rings. The van der Waals surface area contributed by atoms with Crippen molar-refractivity contribution in [2.75, 3.05) is 5.32 Å². The number of alkyl halides is 2. The van der Waals surface area contributed by atoms with E-state index in [4.69, 9.17) is 17.3 Å². The van der Waals surface area contributed by atoms with E-state index in [1.807, 2.05) is 17.5 Å². The molecule has 0 radical (unpaired) electrons. The third-order valence-corrected chi connectivity index (χ3v) is 6.62. The Morgan fingerprint density at radius 2 is 2.23 bits per heavy atom. The number of nitrogens with zero attached hydrogens (tertiary/aromatic N) is 1. The Kier molecular flexibility index (Phi) is 4.94. The summed E-state index contributed by atoms with van der Waals surface area (Å²) in [5.74, 6) is 0. The van der Waals surface area contributed by atoms with Crippen molar-refractivity contribution in [3.63, 3.8) is 0 Å². The van der Waals surface area contributed by atoms with E-state index in [0.29, 0.717) is 22.0 Å². The molecule has 3 N–H and O–H groups in total. The lowest BCUT2D eigenvalue weighted by molar-refractivity contribution is 0.116. The first-order valence-electron chi connectivity index (χ1n) is 6.42. The fraction of sp³-hybridized carbons (Fsp3) is 0.308. The van der Waals surface area contributed by atoms with Gasteiger partial charge in [0.05, 0.1) is 22.3 Å². The van der Waals surface area contributed by atoms with Crippen molar-refractivity contribution in [2.45, 2.75) is 25.4 Å². The lowest BCUT2D eigenvalue weighted by Gasteiger charge is -2.08. The molecule has 0 aliphatic heterocycles. The third-order valence-electron chi connectivity index (χ3n) is 3.08. The fourth-order valence-electron chi connectivity index (χ4n) is 1.94. The van der Waals surface area contributed by atoms with E-state index in [0.717, 1.165) is 9.70 Å². The Morgan fingerprint density at radius 1 is 1.41 bits per heavy atom. The van der Waals surface area contributed by atoms with Crippen molar-refractivity contribution in [1.82, 2.24) is 4.37 Å². The Labute approximate surface area is 142 Å². The van der Waals surface area contributed by atoms with Crippen LogP contribution >= 0.6 is 45.8 Å². The molecule has 3 nitrogen and oxygen atoms in total. The van der Waals surface area contributed by atoms with Crippen LogP contribution in [0.4, 0.5) is 13.8 Å². The molecule has 3 heterocycles. The normalized spacial score (nSPS) is 13.1. The number of halogens is 3. The zero-order valence-corrected chi connectivity index (χ0v) is 14.4. The van der Waals surface area contributed by atoms with Gasteiger partial charge in [0.2, 0.25) is 0 Å². The van der Waals surface area contributed by atoms with E-state index in [1.165, 1.54) is 27.7 Å². The molecule has 3 aromatic heterocycles. The van der Waals surface area contributed by atoms with Crippen molar-refractivity contribution in [3.05, 3.63) is 32.3 Å². The van der Waals surface area contributed by atoms with Crippen molar-refractivity contribution in [1.29, 1.82) is 0 Å². The summed E-state index contributed by atoms with van der Waals surface area (Å²) >= 11 is 10.6. The minimum atomic E-state index is -2.56. The highest BCUT2D eigenvalue weighted by Gasteiger charge is 2.22. The molecule has 0 amide bonds. The molecule has 0 saturated heterocycles. The predicted molar refractivity (Wildman–Crippen MR) is 91.8 cm³/mol. The molecule has 0 aliphatic rings. The number of hydrogen-bond donors (Lipinski definition) is 2. The predicted octanol–water partition coefficient (Wildman–Crippen LogP) is 4.82. The maximum Gasteiger partial charge on any atom is 0.253 e. The molecule has 1 atom stereocenters. The first kappa shape index (κ1) is 16.1. The van der Waals surface area contributed by atoms with Crippen LogP contribution in [0.3, 0.4) is 0 Å². The summed E-state index contributed by atoms with van der Waals surface area (Å²) in [5, 5.41) is 6.70. The molecule has 0 unspecified atom stereocenters. The smallest absolute Gasteiger partial charge is 0.253 e. The van der Waals surface area contributed by atoms with E-state index >= 15 is 0 Å². The zero-order valence-electron chi connectivity index (χ0n) is 11.2. The lowest BCUT2D eigenvalue weighted by atomic mass is 10.2. The second-order valence-corrected chi connectivity index (χ2v) is 7.95. The first-order valence-corrected chi connectivity index (χ1v) is 9.27. The number of anilines is 1. The van der Waals surface area contributed by atoms with Crippen LogP contribution in [0.15, 0.2) is 17.5 Å². The summed E-state index contributed by atoms with van der Waals surface area (Å²) < 4.78 is 30.4. The molecule has 9 heteroatoms. The number of nitrogens with one attached hydrogen (secondary N) is 1. The Morgan fingerprint density at radius 3 is 2.91 bits per heavy atom.